The van der Waals surface area contributed by atoms with Crippen LogP contribution in [0.5, 0.6) is 11.5 Å². The highest BCUT2D eigenvalue weighted by atomic mass is 16.5. The van der Waals surface area contributed by atoms with E-state index in [9.17, 15) is 4.79 Å². The van der Waals surface area contributed by atoms with Crippen molar-refractivity contribution in [1.82, 2.24) is 10.1 Å². The number of rotatable bonds is 9. The van der Waals surface area contributed by atoms with E-state index in [1.165, 1.54) is 0 Å². The Morgan fingerprint density at radius 2 is 1.85 bits per heavy atom. The van der Waals surface area contributed by atoms with Crippen LogP contribution >= 0.6 is 0 Å². The van der Waals surface area contributed by atoms with Gasteiger partial charge in [-0.2, -0.15) is 4.98 Å². The third-order valence-corrected chi connectivity index (χ3v) is 5.98. The van der Waals surface area contributed by atoms with Gasteiger partial charge in [-0.15, -0.1) is 0 Å². The normalized spacial score (nSPS) is 15.7. The van der Waals surface area contributed by atoms with Crippen LogP contribution in [0.4, 0.5) is 11.7 Å². The van der Waals surface area contributed by atoms with Crippen LogP contribution in [0.1, 0.15) is 33.1 Å². The standard InChI is InChI=1S/C26H32N4O4/c1-4-16-30(21-10-14-23(15-11-21)33-5-2)25(31)20-7-6-17-29(18-20)26-27-24(28-34-26)19-8-12-22(32-3)13-9-19/h8-15,20H,4-7,16-18H2,1-3H3. The summed E-state index contributed by atoms with van der Waals surface area (Å²) < 4.78 is 16.3. The van der Waals surface area contributed by atoms with E-state index in [2.05, 4.69) is 17.1 Å². The summed E-state index contributed by atoms with van der Waals surface area (Å²) in [7, 11) is 1.63. The number of hydrogen-bond acceptors (Lipinski definition) is 7. The first-order chi connectivity index (χ1) is 16.6. The van der Waals surface area contributed by atoms with Gasteiger partial charge in [-0.3, -0.25) is 4.79 Å². The average Bonchev–Trinajstić information content (AvgIpc) is 3.38. The van der Waals surface area contributed by atoms with E-state index in [-0.39, 0.29) is 11.8 Å². The number of hydrogen-bond donors (Lipinski definition) is 0. The zero-order chi connectivity index (χ0) is 23.9. The number of nitrogens with zero attached hydrogens (tertiary/aromatic N) is 4. The molecule has 0 saturated carbocycles. The Balaban J connectivity index is 1.46. The van der Waals surface area contributed by atoms with Crippen LogP contribution < -0.4 is 19.3 Å². The van der Waals surface area contributed by atoms with Crippen LogP contribution in [0.3, 0.4) is 0 Å². The highest BCUT2D eigenvalue weighted by molar-refractivity contribution is 5.95. The SMILES string of the molecule is CCCN(C(=O)C1CCCN(c2nc(-c3ccc(OC)cc3)no2)C1)c1ccc(OCC)cc1. The molecule has 0 bridgehead atoms. The number of anilines is 2. The fourth-order valence-corrected chi connectivity index (χ4v) is 4.25. The van der Waals surface area contributed by atoms with Gasteiger partial charge in [-0.05, 0) is 74.7 Å². The molecule has 1 aromatic heterocycles. The van der Waals surface area contributed by atoms with Gasteiger partial charge in [0.05, 0.1) is 19.6 Å². The number of carbonyl (C=O) groups is 1. The Morgan fingerprint density at radius 1 is 1.12 bits per heavy atom. The number of amides is 1. The summed E-state index contributed by atoms with van der Waals surface area (Å²) in [6.07, 6.45) is 2.61. The number of methoxy groups -OCH3 is 1. The quantitative estimate of drug-likeness (QED) is 0.450. The van der Waals surface area contributed by atoms with E-state index < -0.39 is 0 Å². The van der Waals surface area contributed by atoms with Crippen molar-refractivity contribution in [2.24, 2.45) is 5.92 Å². The van der Waals surface area contributed by atoms with Crippen molar-refractivity contribution in [2.45, 2.75) is 33.1 Å². The van der Waals surface area contributed by atoms with Gasteiger partial charge in [-0.1, -0.05) is 12.1 Å². The van der Waals surface area contributed by atoms with Gasteiger partial charge < -0.3 is 23.8 Å². The molecule has 34 heavy (non-hydrogen) atoms. The van der Waals surface area contributed by atoms with E-state index in [0.29, 0.717) is 31.5 Å². The molecule has 2 aromatic carbocycles. The fraction of sp³-hybridized carbons (Fsp3) is 0.423. The van der Waals surface area contributed by atoms with E-state index in [4.69, 9.17) is 14.0 Å². The summed E-state index contributed by atoms with van der Waals surface area (Å²) in [5.74, 6) is 2.10. The van der Waals surface area contributed by atoms with E-state index in [1.807, 2.05) is 65.3 Å². The van der Waals surface area contributed by atoms with Crippen LogP contribution in [0.25, 0.3) is 11.4 Å². The first-order valence-corrected chi connectivity index (χ1v) is 11.9. The molecule has 1 fully saturated rings. The van der Waals surface area contributed by atoms with Gasteiger partial charge in [0.15, 0.2) is 0 Å². The van der Waals surface area contributed by atoms with E-state index in [1.54, 1.807) is 7.11 Å². The predicted molar refractivity (Wildman–Crippen MR) is 131 cm³/mol. The van der Waals surface area contributed by atoms with Crippen LogP contribution in [0.2, 0.25) is 0 Å². The lowest BCUT2D eigenvalue weighted by Crippen LogP contribution is -2.45. The van der Waals surface area contributed by atoms with Gasteiger partial charge in [0.1, 0.15) is 11.5 Å². The van der Waals surface area contributed by atoms with E-state index in [0.717, 1.165) is 48.6 Å². The summed E-state index contributed by atoms with van der Waals surface area (Å²) >= 11 is 0. The molecule has 180 valence electrons. The molecule has 0 N–H and O–H groups in total. The molecule has 1 amide bonds. The number of benzene rings is 2. The van der Waals surface area contributed by atoms with Gasteiger partial charge in [0, 0.05) is 30.9 Å². The maximum atomic E-state index is 13.6. The van der Waals surface area contributed by atoms with Gasteiger partial charge in [0.2, 0.25) is 11.7 Å². The second-order valence-electron chi connectivity index (χ2n) is 8.33. The number of piperidine rings is 1. The molecule has 2 heterocycles. The molecule has 1 unspecified atom stereocenters. The summed E-state index contributed by atoms with van der Waals surface area (Å²) in [5, 5.41) is 4.15. The van der Waals surface area contributed by atoms with Gasteiger partial charge in [0.25, 0.3) is 0 Å². The number of aromatic nitrogens is 2. The second-order valence-corrected chi connectivity index (χ2v) is 8.33. The molecule has 1 atom stereocenters. The molecule has 0 spiro atoms. The largest absolute Gasteiger partial charge is 0.497 e. The summed E-state index contributed by atoms with van der Waals surface area (Å²) in [4.78, 5) is 22.1. The topological polar surface area (TPSA) is 80.9 Å². The maximum Gasteiger partial charge on any atom is 0.324 e. The summed E-state index contributed by atoms with van der Waals surface area (Å²) in [5.41, 5.74) is 1.75. The van der Waals surface area contributed by atoms with Crippen LogP contribution in [-0.4, -0.2) is 49.4 Å². The van der Waals surface area contributed by atoms with Crippen molar-refractivity contribution in [3.05, 3.63) is 48.5 Å². The van der Waals surface area contributed by atoms with Crippen molar-refractivity contribution >= 4 is 17.6 Å². The Kier molecular flexibility index (Phi) is 7.67. The summed E-state index contributed by atoms with van der Waals surface area (Å²) in [6, 6.07) is 15.7. The highest BCUT2D eigenvalue weighted by Crippen LogP contribution is 2.28. The molecular weight excluding hydrogens is 432 g/mol. The number of ether oxygens (including phenoxy) is 2. The first-order valence-electron chi connectivity index (χ1n) is 11.9. The van der Waals surface area contributed by atoms with Crippen molar-refractivity contribution in [3.8, 4) is 22.9 Å². The lowest BCUT2D eigenvalue weighted by atomic mass is 9.96. The molecule has 8 nitrogen and oxygen atoms in total. The monoisotopic (exact) mass is 464 g/mol. The zero-order valence-electron chi connectivity index (χ0n) is 20.1. The summed E-state index contributed by atoms with van der Waals surface area (Å²) in [6.45, 7) is 6.67. The van der Waals surface area contributed by atoms with Crippen LogP contribution in [0.15, 0.2) is 53.1 Å². The molecule has 0 aliphatic carbocycles. The molecule has 8 heteroatoms. The minimum absolute atomic E-state index is 0.130. The van der Waals surface area contributed by atoms with Crippen molar-refractivity contribution < 1.29 is 18.8 Å². The molecule has 1 saturated heterocycles. The van der Waals surface area contributed by atoms with Crippen molar-refractivity contribution in [1.29, 1.82) is 0 Å². The minimum atomic E-state index is -0.136. The Morgan fingerprint density at radius 3 is 2.53 bits per heavy atom. The van der Waals surface area contributed by atoms with Crippen molar-refractivity contribution in [3.63, 3.8) is 0 Å². The molecule has 3 aromatic rings. The average molecular weight is 465 g/mol. The smallest absolute Gasteiger partial charge is 0.324 e. The first kappa shape index (κ1) is 23.6. The Labute approximate surface area is 200 Å². The molecule has 1 aliphatic heterocycles. The zero-order valence-corrected chi connectivity index (χ0v) is 20.1. The van der Waals surface area contributed by atoms with Crippen LogP contribution in [0, 0.1) is 5.92 Å². The Hall–Kier alpha value is -3.55. The number of carbonyl (C=O) groups excluding carboxylic acids is 1. The fourth-order valence-electron chi connectivity index (χ4n) is 4.25. The van der Waals surface area contributed by atoms with Crippen LogP contribution in [-0.2, 0) is 4.79 Å². The Bertz CT molecular complexity index is 1070. The molecule has 1 aliphatic rings. The second kappa shape index (κ2) is 11.0. The third-order valence-electron chi connectivity index (χ3n) is 5.98. The van der Waals surface area contributed by atoms with Gasteiger partial charge in [-0.25, -0.2) is 0 Å². The van der Waals surface area contributed by atoms with Gasteiger partial charge >= 0.3 is 6.01 Å². The lowest BCUT2D eigenvalue weighted by molar-refractivity contribution is -0.122. The van der Waals surface area contributed by atoms with Crippen molar-refractivity contribution in [2.75, 3.05) is 43.2 Å². The molecule has 4 rings (SSSR count). The minimum Gasteiger partial charge on any atom is -0.497 e. The van der Waals surface area contributed by atoms with E-state index >= 15 is 0 Å². The third kappa shape index (κ3) is 5.32. The predicted octanol–water partition coefficient (Wildman–Crippen LogP) is 4.80. The molecular formula is C26H32N4O4. The lowest BCUT2D eigenvalue weighted by Gasteiger charge is -2.34. The molecule has 0 radical (unpaired) electrons. The highest BCUT2D eigenvalue weighted by Gasteiger charge is 2.32. The maximum absolute atomic E-state index is 13.6.